The lowest BCUT2D eigenvalue weighted by atomic mass is 10.3. The van der Waals surface area contributed by atoms with E-state index in [1.807, 2.05) is 51.0 Å². The van der Waals surface area contributed by atoms with Crippen molar-refractivity contribution in [3.05, 3.63) is 54.0 Å². The van der Waals surface area contributed by atoms with Crippen molar-refractivity contribution in [1.82, 2.24) is 15.6 Å². The standard InChI is InChI=1S/C20H28FN5O/c1-5-22-20(24-14-17-7-6-8-19(25-17)26(3)4)23-13-15(2)27-18-11-9-16(21)10-12-18/h6-12,15H,5,13-14H2,1-4H3,(H2,22,23,24). The third kappa shape index (κ3) is 7.13. The molecule has 0 amide bonds. The molecule has 0 aliphatic carbocycles. The van der Waals surface area contributed by atoms with E-state index in [4.69, 9.17) is 4.74 Å². The molecular weight excluding hydrogens is 345 g/mol. The van der Waals surface area contributed by atoms with Crippen LogP contribution in [0.15, 0.2) is 47.5 Å². The van der Waals surface area contributed by atoms with Gasteiger partial charge in [0.05, 0.1) is 18.8 Å². The lowest BCUT2D eigenvalue weighted by molar-refractivity contribution is 0.223. The largest absolute Gasteiger partial charge is 0.489 e. The minimum atomic E-state index is -0.276. The zero-order valence-corrected chi connectivity index (χ0v) is 16.4. The second-order valence-corrected chi connectivity index (χ2v) is 6.34. The molecule has 0 bridgehead atoms. The number of aliphatic imine (C=N–C) groups is 1. The molecule has 1 aromatic carbocycles. The van der Waals surface area contributed by atoms with Gasteiger partial charge in [0.15, 0.2) is 5.96 Å². The van der Waals surface area contributed by atoms with E-state index in [0.717, 1.165) is 18.1 Å². The van der Waals surface area contributed by atoms with Crippen LogP contribution in [0.5, 0.6) is 5.75 Å². The molecule has 1 atom stereocenters. The smallest absolute Gasteiger partial charge is 0.191 e. The second kappa shape index (κ2) is 10.4. The highest BCUT2D eigenvalue weighted by atomic mass is 19.1. The van der Waals surface area contributed by atoms with E-state index in [1.54, 1.807) is 12.1 Å². The van der Waals surface area contributed by atoms with Crippen LogP contribution >= 0.6 is 0 Å². The van der Waals surface area contributed by atoms with Crippen molar-refractivity contribution >= 4 is 11.8 Å². The fraction of sp³-hybridized carbons (Fsp3) is 0.400. The van der Waals surface area contributed by atoms with Crippen LogP contribution in [0.1, 0.15) is 19.5 Å². The van der Waals surface area contributed by atoms with Crippen LogP contribution in [0.25, 0.3) is 0 Å². The highest BCUT2D eigenvalue weighted by Gasteiger charge is 2.06. The van der Waals surface area contributed by atoms with E-state index >= 15 is 0 Å². The number of nitrogens with zero attached hydrogens (tertiary/aromatic N) is 3. The van der Waals surface area contributed by atoms with E-state index in [0.29, 0.717) is 24.8 Å². The van der Waals surface area contributed by atoms with Crippen LogP contribution in [0.4, 0.5) is 10.2 Å². The number of nitrogens with one attached hydrogen (secondary N) is 2. The monoisotopic (exact) mass is 373 g/mol. The third-order valence-electron chi connectivity index (χ3n) is 3.70. The minimum Gasteiger partial charge on any atom is -0.489 e. The van der Waals surface area contributed by atoms with Gasteiger partial charge in [-0.3, -0.25) is 0 Å². The number of benzene rings is 1. The molecule has 0 aliphatic heterocycles. The molecule has 2 rings (SSSR count). The van der Waals surface area contributed by atoms with Gasteiger partial charge in [0, 0.05) is 20.6 Å². The summed E-state index contributed by atoms with van der Waals surface area (Å²) in [6.45, 7) is 5.76. The quantitative estimate of drug-likeness (QED) is 0.550. The van der Waals surface area contributed by atoms with Crippen molar-refractivity contribution in [2.75, 3.05) is 32.1 Å². The van der Waals surface area contributed by atoms with E-state index in [9.17, 15) is 4.39 Å². The number of guanidine groups is 1. The van der Waals surface area contributed by atoms with Crippen molar-refractivity contribution in [3.63, 3.8) is 0 Å². The van der Waals surface area contributed by atoms with Gasteiger partial charge in [0.2, 0.25) is 0 Å². The Bertz CT molecular complexity index is 733. The number of anilines is 1. The predicted molar refractivity (Wildman–Crippen MR) is 108 cm³/mol. The zero-order chi connectivity index (χ0) is 19.6. The molecule has 6 nitrogen and oxygen atoms in total. The van der Waals surface area contributed by atoms with Crippen LogP contribution in [0, 0.1) is 5.82 Å². The molecule has 0 radical (unpaired) electrons. The lowest BCUT2D eigenvalue weighted by Crippen LogP contribution is -2.41. The first kappa shape index (κ1) is 20.5. The second-order valence-electron chi connectivity index (χ2n) is 6.34. The molecule has 0 saturated carbocycles. The topological polar surface area (TPSA) is 61.8 Å². The Balaban J connectivity index is 1.90. The summed E-state index contributed by atoms with van der Waals surface area (Å²) in [7, 11) is 3.92. The number of aromatic nitrogens is 1. The highest BCUT2D eigenvalue weighted by molar-refractivity contribution is 5.79. The van der Waals surface area contributed by atoms with Gasteiger partial charge in [0.25, 0.3) is 0 Å². The Morgan fingerprint density at radius 3 is 2.59 bits per heavy atom. The minimum absolute atomic E-state index is 0.102. The molecule has 0 spiro atoms. The van der Waals surface area contributed by atoms with E-state index in [-0.39, 0.29) is 11.9 Å². The van der Waals surface area contributed by atoms with Gasteiger partial charge >= 0.3 is 0 Å². The Hall–Kier alpha value is -2.83. The maximum Gasteiger partial charge on any atom is 0.191 e. The highest BCUT2D eigenvalue weighted by Crippen LogP contribution is 2.12. The maximum absolute atomic E-state index is 13.0. The van der Waals surface area contributed by atoms with E-state index < -0.39 is 0 Å². The van der Waals surface area contributed by atoms with Crippen LogP contribution < -0.4 is 20.3 Å². The molecule has 1 heterocycles. The Morgan fingerprint density at radius 2 is 1.93 bits per heavy atom. The number of halogens is 1. The van der Waals surface area contributed by atoms with E-state index in [1.165, 1.54) is 12.1 Å². The summed E-state index contributed by atoms with van der Waals surface area (Å²) in [6, 6.07) is 11.9. The number of hydrogen-bond donors (Lipinski definition) is 2. The van der Waals surface area contributed by atoms with Crippen molar-refractivity contribution in [2.45, 2.75) is 26.5 Å². The Kier molecular flexibility index (Phi) is 7.85. The van der Waals surface area contributed by atoms with Gasteiger partial charge in [-0.1, -0.05) is 6.07 Å². The van der Waals surface area contributed by atoms with Crippen LogP contribution in [-0.2, 0) is 6.54 Å². The molecular formula is C20H28FN5O. The molecule has 146 valence electrons. The van der Waals surface area contributed by atoms with Gasteiger partial charge in [0.1, 0.15) is 23.5 Å². The normalized spacial score (nSPS) is 12.4. The third-order valence-corrected chi connectivity index (χ3v) is 3.70. The van der Waals surface area contributed by atoms with Crippen molar-refractivity contribution in [1.29, 1.82) is 0 Å². The van der Waals surface area contributed by atoms with Crippen LogP contribution in [0.2, 0.25) is 0 Å². The average molecular weight is 373 g/mol. The number of hydrogen-bond acceptors (Lipinski definition) is 4. The summed E-state index contributed by atoms with van der Waals surface area (Å²) in [5.74, 6) is 1.96. The maximum atomic E-state index is 13.0. The molecule has 1 unspecified atom stereocenters. The number of ether oxygens (including phenoxy) is 1. The lowest BCUT2D eigenvalue weighted by Gasteiger charge is -2.17. The summed E-state index contributed by atoms with van der Waals surface area (Å²) in [6.07, 6.45) is -0.102. The van der Waals surface area contributed by atoms with Gasteiger partial charge in [-0.05, 0) is 50.2 Å². The van der Waals surface area contributed by atoms with Crippen molar-refractivity contribution < 1.29 is 9.13 Å². The Labute approximate surface area is 160 Å². The molecule has 0 fully saturated rings. The number of pyridine rings is 1. The summed E-state index contributed by atoms with van der Waals surface area (Å²) >= 11 is 0. The summed E-state index contributed by atoms with van der Waals surface area (Å²) in [5.41, 5.74) is 0.897. The molecule has 1 aromatic heterocycles. The predicted octanol–water partition coefficient (Wildman–Crippen LogP) is 2.81. The summed E-state index contributed by atoms with van der Waals surface area (Å²) < 4.78 is 18.7. The van der Waals surface area contributed by atoms with Gasteiger partial charge in [-0.15, -0.1) is 0 Å². The van der Waals surface area contributed by atoms with Crippen molar-refractivity contribution in [2.24, 2.45) is 4.99 Å². The van der Waals surface area contributed by atoms with Crippen LogP contribution in [-0.4, -0.2) is 44.2 Å². The van der Waals surface area contributed by atoms with Crippen LogP contribution in [0.3, 0.4) is 0 Å². The average Bonchev–Trinajstić information content (AvgIpc) is 2.66. The molecule has 27 heavy (non-hydrogen) atoms. The molecule has 0 aliphatic rings. The van der Waals surface area contributed by atoms with Gasteiger partial charge < -0.3 is 20.3 Å². The molecule has 2 aromatic rings. The first-order valence-electron chi connectivity index (χ1n) is 9.05. The first-order valence-corrected chi connectivity index (χ1v) is 9.05. The zero-order valence-electron chi connectivity index (χ0n) is 16.4. The summed E-state index contributed by atoms with van der Waals surface area (Å²) in [4.78, 5) is 11.1. The SMILES string of the molecule is CCNC(=NCc1cccc(N(C)C)n1)NCC(C)Oc1ccc(F)cc1. The number of rotatable bonds is 8. The van der Waals surface area contributed by atoms with Gasteiger partial charge in [-0.2, -0.15) is 0 Å². The fourth-order valence-electron chi connectivity index (χ4n) is 2.33. The van der Waals surface area contributed by atoms with Gasteiger partial charge in [-0.25, -0.2) is 14.4 Å². The molecule has 7 heteroatoms. The van der Waals surface area contributed by atoms with Crippen molar-refractivity contribution in [3.8, 4) is 5.75 Å². The van der Waals surface area contributed by atoms with E-state index in [2.05, 4.69) is 20.6 Å². The molecule has 2 N–H and O–H groups in total. The Morgan fingerprint density at radius 1 is 1.19 bits per heavy atom. The summed E-state index contributed by atoms with van der Waals surface area (Å²) in [5, 5.41) is 6.47. The first-order chi connectivity index (χ1) is 13.0. The fourth-order valence-corrected chi connectivity index (χ4v) is 2.33. The molecule has 0 saturated heterocycles.